The van der Waals surface area contributed by atoms with Gasteiger partial charge in [0.25, 0.3) is 0 Å². The summed E-state index contributed by atoms with van der Waals surface area (Å²) in [6.45, 7) is 5.49. The molecule has 1 heterocycles. The van der Waals surface area contributed by atoms with Gasteiger partial charge in [-0.05, 0) is 32.9 Å². The molecule has 0 spiro atoms. The fourth-order valence-electron chi connectivity index (χ4n) is 0.999. The van der Waals surface area contributed by atoms with Gasteiger partial charge < -0.3 is 9.30 Å². The van der Waals surface area contributed by atoms with Crippen LogP contribution < -0.4 is 5.32 Å². The van der Waals surface area contributed by atoms with Crippen LogP contribution in [-0.2, 0) is 11.8 Å². The summed E-state index contributed by atoms with van der Waals surface area (Å²) in [7, 11) is 1.85. The topological polar surface area (TPSA) is 43.3 Å². The number of anilines is 1. The van der Waals surface area contributed by atoms with E-state index in [0.717, 1.165) is 5.82 Å². The van der Waals surface area contributed by atoms with E-state index in [1.807, 2.05) is 50.7 Å². The Morgan fingerprint density at radius 1 is 1.50 bits per heavy atom. The largest absolute Gasteiger partial charge is 0.444 e. The molecule has 0 aliphatic carbocycles. The van der Waals surface area contributed by atoms with Crippen LogP contribution in [0, 0.1) is 0 Å². The standard InChI is InChI=1S/C10H16N2O2/c1-10(2,3)14-9(13)11-8-6-5-7-12(8)4/h5-7H,1-4H3,(H,11,13). The number of carbonyl (C=O) groups excluding carboxylic acids is 1. The molecule has 14 heavy (non-hydrogen) atoms. The van der Waals surface area contributed by atoms with Gasteiger partial charge in [-0.25, -0.2) is 4.79 Å². The van der Waals surface area contributed by atoms with E-state index in [9.17, 15) is 4.79 Å². The maximum Gasteiger partial charge on any atom is 0.413 e. The second-order valence-electron chi connectivity index (χ2n) is 4.13. The Labute approximate surface area is 83.9 Å². The lowest BCUT2D eigenvalue weighted by Crippen LogP contribution is -2.27. The van der Waals surface area contributed by atoms with Gasteiger partial charge in [-0.2, -0.15) is 0 Å². The zero-order valence-corrected chi connectivity index (χ0v) is 9.00. The monoisotopic (exact) mass is 196 g/mol. The molecule has 0 bridgehead atoms. The number of nitrogens with one attached hydrogen (secondary N) is 1. The Bertz CT molecular complexity index is 323. The second kappa shape index (κ2) is 3.74. The summed E-state index contributed by atoms with van der Waals surface area (Å²) in [5.41, 5.74) is -0.463. The van der Waals surface area contributed by atoms with Gasteiger partial charge in [0.15, 0.2) is 0 Å². The summed E-state index contributed by atoms with van der Waals surface area (Å²) in [5.74, 6) is 0.722. The summed E-state index contributed by atoms with van der Waals surface area (Å²) in [6.07, 6.45) is 1.42. The van der Waals surface area contributed by atoms with Gasteiger partial charge in [0.1, 0.15) is 11.4 Å². The lowest BCUT2D eigenvalue weighted by molar-refractivity contribution is 0.0635. The minimum atomic E-state index is -0.463. The summed E-state index contributed by atoms with van der Waals surface area (Å²) in [5, 5.41) is 2.65. The van der Waals surface area contributed by atoms with Gasteiger partial charge in [0, 0.05) is 13.2 Å². The number of aromatic nitrogens is 1. The minimum Gasteiger partial charge on any atom is -0.444 e. The van der Waals surface area contributed by atoms with Crippen molar-refractivity contribution in [1.82, 2.24) is 4.57 Å². The molecular weight excluding hydrogens is 180 g/mol. The van der Waals surface area contributed by atoms with Crippen LogP contribution in [0.15, 0.2) is 18.3 Å². The SMILES string of the molecule is Cn1cccc1NC(=O)OC(C)(C)C. The molecule has 78 valence electrons. The summed E-state index contributed by atoms with van der Waals surface area (Å²) in [4.78, 5) is 11.3. The van der Waals surface area contributed by atoms with Gasteiger partial charge in [-0.3, -0.25) is 5.32 Å². The number of rotatable bonds is 1. The van der Waals surface area contributed by atoms with Crippen LogP contribution in [0.25, 0.3) is 0 Å². The maximum absolute atomic E-state index is 11.3. The molecule has 1 amide bonds. The predicted octanol–water partition coefficient (Wildman–Crippen LogP) is 2.37. The van der Waals surface area contributed by atoms with Gasteiger partial charge in [0.2, 0.25) is 0 Å². The van der Waals surface area contributed by atoms with Crippen LogP contribution in [0.3, 0.4) is 0 Å². The van der Waals surface area contributed by atoms with Crippen molar-refractivity contribution in [1.29, 1.82) is 0 Å². The van der Waals surface area contributed by atoms with E-state index in [1.165, 1.54) is 0 Å². The second-order valence-corrected chi connectivity index (χ2v) is 4.13. The Kier molecular flexibility index (Phi) is 2.84. The summed E-state index contributed by atoms with van der Waals surface area (Å²) in [6, 6.07) is 3.66. The number of carbonyl (C=O) groups is 1. The van der Waals surface area contributed by atoms with Crippen molar-refractivity contribution in [3.63, 3.8) is 0 Å². The fraction of sp³-hybridized carbons (Fsp3) is 0.500. The number of ether oxygens (including phenoxy) is 1. The van der Waals surface area contributed by atoms with Gasteiger partial charge in [-0.1, -0.05) is 0 Å². The van der Waals surface area contributed by atoms with Crippen molar-refractivity contribution in [2.75, 3.05) is 5.32 Å². The number of hydrogen-bond acceptors (Lipinski definition) is 2. The average Bonchev–Trinajstić information content (AvgIpc) is 2.32. The molecule has 1 aromatic rings. The molecule has 0 aromatic carbocycles. The first kappa shape index (κ1) is 10.6. The van der Waals surface area contributed by atoms with Gasteiger partial charge in [0.05, 0.1) is 0 Å². The molecule has 0 saturated heterocycles. The van der Waals surface area contributed by atoms with E-state index in [4.69, 9.17) is 4.74 Å². The molecule has 4 nitrogen and oxygen atoms in total. The van der Waals surface area contributed by atoms with Crippen LogP contribution in [-0.4, -0.2) is 16.3 Å². The Morgan fingerprint density at radius 3 is 2.57 bits per heavy atom. The van der Waals surface area contributed by atoms with E-state index >= 15 is 0 Å². The predicted molar refractivity (Wildman–Crippen MR) is 55.3 cm³/mol. The molecule has 1 aromatic heterocycles. The Morgan fingerprint density at radius 2 is 2.14 bits per heavy atom. The van der Waals surface area contributed by atoms with Crippen LogP contribution >= 0.6 is 0 Å². The third kappa shape index (κ3) is 3.12. The van der Waals surface area contributed by atoms with E-state index < -0.39 is 11.7 Å². The van der Waals surface area contributed by atoms with Crippen molar-refractivity contribution < 1.29 is 9.53 Å². The highest BCUT2D eigenvalue weighted by Gasteiger charge is 2.16. The number of nitrogens with zero attached hydrogens (tertiary/aromatic N) is 1. The van der Waals surface area contributed by atoms with Crippen LogP contribution in [0.1, 0.15) is 20.8 Å². The van der Waals surface area contributed by atoms with E-state index in [2.05, 4.69) is 5.32 Å². The molecule has 0 saturated carbocycles. The smallest absolute Gasteiger partial charge is 0.413 e. The Balaban J connectivity index is 2.54. The minimum absolute atomic E-state index is 0.431. The molecule has 0 aliphatic rings. The molecular formula is C10H16N2O2. The third-order valence-electron chi connectivity index (χ3n) is 1.57. The van der Waals surface area contributed by atoms with Crippen molar-refractivity contribution >= 4 is 11.9 Å². The van der Waals surface area contributed by atoms with Crippen LogP contribution in [0.5, 0.6) is 0 Å². The highest BCUT2D eigenvalue weighted by atomic mass is 16.6. The molecule has 1 rings (SSSR count). The molecule has 1 N–H and O–H groups in total. The first-order valence-corrected chi connectivity index (χ1v) is 4.50. The number of amides is 1. The molecule has 0 atom stereocenters. The molecule has 4 heteroatoms. The molecule has 0 unspecified atom stereocenters. The average molecular weight is 196 g/mol. The lowest BCUT2D eigenvalue weighted by Gasteiger charge is -2.19. The molecule has 0 radical (unpaired) electrons. The number of aryl methyl sites for hydroxylation is 1. The van der Waals surface area contributed by atoms with E-state index in [0.29, 0.717) is 0 Å². The molecule has 0 fully saturated rings. The van der Waals surface area contributed by atoms with Crippen LogP contribution in [0.2, 0.25) is 0 Å². The third-order valence-corrected chi connectivity index (χ3v) is 1.57. The van der Waals surface area contributed by atoms with E-state index in [1.54, 1.807) is 0 Å². The Hall–Kier alpha value is -1.45. The van der Waals surface area contributed by atoms with E-state index in [-0.39, 0.29) is 0 Å². The highest BCUT2D eigenvalue weighted by molar-refractivity contribution is 5.83. The number of hydrogen-bond donors (Lipinski definition) is 1. The van der Waals surface area contributed by atoms with Crippen molar-refractivity contribution in [2.45, 2.75) is 26.4 Å². The van der Waals surface area contributed by atoms with Gasteiger partial charge >= 0.3 is 6.09 Å². The fourth-order valence-corrected chi connectivity index (χ4v) is 0.999. The normalized spacial score (nSPS) is 11.1. The first-order valence-electron chi connectivity index (χ1n) is 4.50. The van der Waals surface area contributed by atoms with Crippen molar-refractivity contribution in [3.8, 4) is 0 Å². The highest BCUT2D eigenvalue weighted by Crippen LogP contribution is 2.11. The van der Waals surface area contributed by atoms with Crippen molar-refractivity contribution in [3.05, 3.63) is 18.3 Å². The zero-order chi connectivity index (χ0) is 10.8. The summed E-state index contributed by atoms with van der Waals surface area (Å²) >= 11 is 0. The van der Waals surface area contributed by atoms with Crippen LogP contribution in [0.4, 0.5) is 10.6 Å². The lowest BCUT2D eigenvalue weighted by atomic mass is 10.2. The van der Waals surface area contributed by atoms with Crippen molar-refractivity contribution in [2.24, 2.45) is 7.05 Å². The first-order chi connectivity index (χ1) is 6.38. The maximum atomic E-state index is 11.3. The quantitative estimate of drug-likeness (QED) is 0.749. The van der Waals surface area contributed by atoms with Gasteiger partial charge in [-0.15, -0.1) is 0 Å². The zero-order valence-electron chi connectivity index (χ0n) is 9.00. The summed E-state index contributed by atoms with van der Waals surface area (Å²) < 4.78 is 6.91. The molecule has 0 aliphatic heterocycles.